The Morgan fingerprint density at radius 3 is 2.50 bits per heavy atom. The smallest absolute Gasteiger partial charge is 0.416 e. The van der Waals surface area contributed by atoms with Crippen LogP contribution in [-0.4, -0.2) is 46.1 Å². The highest BCUT2D eigenvalue weighted by molar-refractivity contribution is 7.19. The number of fused-ring (bicyclic) bond motifs is 1. The standard InChI is InChI=1S/C28H30F3N3O7S/c1-5-40-19-7-6-16(28(29,30)31)12-18(19)20(41-17-8-10-39-11-9-17)14-33-24-22(15(2)21(13-32)42-24)23(35)34(26(33)38)27(3,4)25(36)37/h6-7,12,17,20H,5,8-11,14H2,1-4H3,(H,36,37). The summed E-state index contributed by atoms with van der Waals surface area (Å²) in [5.41, 5.74) is -4.53. The molecular weight excluding hydrogens is 579 g/mol. The Morgan fingerprint density at radius 2 is 1.93 bits per heavy atom. The number of carboxylic acids is 1. The molecule has 1 fully saturated rings. The van der Waals surface area contributed by atoms with Gasteiger partial charge in [0.25, 0.3) is 5.56 Å². The summed E-state index contributed by atoms with van der Waals surface area (Å²) >= 11 is 0.866. The van der Waals surface area contributed by atoms with E-state index in [2.05, 4.69) is 0 Å². The highest BCUT2D eigenvalue weighted by Gasteiger charge is 2.37. The number of nitriles is 1. The molecule has 0 amide bonds. The van der Waals surface area contributed by atoms with Gasteiger partial charge in [-0.1, -0.05) is 0 Å². The monoisotopic (exact) mass is 609 g/mol. The lowest BCUT2D eigenvalue weighted by Gasteiger charge is -2.30. The van der Waals surface area contributed by atoms with Crippen LogP contribution in [0.5, 0.6) is 5.75 Å². The lowest BCUT2D eigenvalue weighted by molar-refractivity contribution is -0.146. The van der Waals surface area contributed by atoms with Crippen molar-refractivity contribution in [1.29, 1.82) is 5.26 Å². The third-order valence-electron chi connectivity index (χ3n) is 7.25. The van der Waals surface area contributed by atoms with Crippen LogP contribution in [0, 0.1) is 18.3 Å². The van der Waals surface area contributed by atoms with Crippen molar-refractivity contribution in [3.63, 3.8) is 0 Å². The van der Waals surface area contributed by atoms with E-state index in [0.717, 1.165) is 28.0 Å². The van der Waals surface area contributed by atoms with E-state index in [0.29, 0.717) is 30.6 Å². The quantitative estimate of drug-likeness (QED) is 0.373. The van der Waals surface area contributed by atoms with E-state index in [1.807, 2.05) is 6.07 Å². The maximum Gasteiger partial charge on any atom is 0.416 e. The molecule has 1 N–H and O–H groups in total. The molecule has 1 saturated heterocycles. The number of thiophene rings is 1. The Kier molecular flexibility index (Phi) is 8.86. The molecule has 1 aromatic carbocycles. The molecule has 4 rings (SSSR count). The molecule has 1 aliphatic heterocycles. The number of hydrogen-bond donors (Lipinski definition) is 1. The van der Waals surface area contributed by atoms with Crippen LogP contribution in [0.3, 0.4) is 0 Å². The van der Waals surface area contributed by atoms with Crippen molar-refractivity contribution >= 4 is 27.5 Å². The van der Waals surface area contributed by atoms with Gasteiger partial charge in [-0.15, -0.1) is 11.3 Å². The molecule has 0 spiro atoms. The molecule has 3 aromatic rings. The predicted octanol–water partition coefficient (Wildman–Crippen LogP) is 4.58. The third-order valence-corrected chi connectivity index (χ3v) is 8.47. The summed E-state index contributed by atoms with van der Waals surface area (Å²) in [6.07, 6.45) is -5.40. The van der Waals surface area contributed by atoms with E-state index in [-0.39, 0.29) is 38.6 Å². The molecule has 0 bridgehead atoms. The lowest BCUT2D eigenvalue weighted by atomic mass is 10.0. The second-order valence-electron chi connectivity index (χ2n) is 10.4. The number of ether oxygens (including phenoxy) is 3. The SMILES string of the molecule is CCOc1ccc(C(F)(F)F)cc1C(Cn1c(=O)n(C(C)(C)C(=O)O)c(=O)c2c(C)c(C#N)sc21)OC1CCOCC1. The summed E-state index contributed by atoms with van der Waals surface area (Å²) in [5.74, 6) is -1.33. The van der Waals surface area contributed by atoms with Crippen LogP contribution in [-0.2, 0) is 32.5 Å². The topological polar surface area (TPSA) is 133 Å². The first kappa shape index (κ1) is 31.3. The molecule has 2 aromatic heterocycles. The van der Waals surface area contributed by atoms with Crippen molar-refractivity contribution in [2.45, 2.75) is 71.0 Å². The Labute approximate surface area is 242 Å². The zero-order valence-electron chi connectivity index (χ0n) is 23.4. The molecule has 3 heterocycles. The number of halogens is 3. The summed E-state index contributed by atoms with van der Waals surface area (Å²) in [4.78, 5) is 39.9. The maximum absolute atomic E-state index is 14.0. The van der Waals surface area contributed by atoms with E-state index in [9.17, 15) is 37.9 Å². The second-order valence-corrected chi connectivity index (χ2v) is 11.4. The Bertz CT molecular complexity index is 1660. The van der Waals surface area contributed by atoms with Gasteiger partial charge in [-0.25, -0.2) is 14.2 Å². The van der Waals surface area contributed by atoms with E-state index >= 15 is 0 Å². The number of rotatable bonds is 9. The van der Waals surface area contributed by atoms with Crippen LogP contribution in [0.2, 0.25) is 0 Å². The minimum Gasteiger partial charge on any atom is -0.493 e. The van der Waals surface area contributed by atoms with Crippen LogP contribution in [0.4, 0.5) is 13.2 Å². The molecule has 0 aliphatic carbocycles. The molecule has 226 valence electrons. The molecule has 42 heavy (non-hydrogen) atoms. The van der Waals surface area contributed by atoms with E-state index in [1.54, 1.807) is 6.92 Å². The van der Waals surface area contributed by atoms with Crippen LogP contribution < -0.4 is 16.0 Å². The van der Waals surface area contributed by atoms with Crippen LogP contribution in [0.15, 0.2) is 27.8 Å². The zero-order chi connectivity index (χ0) is 31.0. The van der Waals surface area contributed by atoms with Crippen molar-refractivity contribution in [3.8, 4) is 11.8 Å². The molecule has 10 nitrogen and oxygen atoms in total. The molecule has 1 aliphatic rings. The number of aryl methyl sites for hydroxylation is 1. The van der Waals surface area contributed by atoms with Crippen molar-refractivity contribution in [2.24, 2.45) is 0 Å². The van der Waals surface area contributed by atoms with Gasteiger partial charge in [0.15, 0.2) is 0 Å². The fourth-order valence-corrected chi connectivity index (χ4v) is 5.99. The molecular formula is C28H30F3N3O7S. The van der Waals surface area contributed by atoms with Crippen LogP contribution >= 0.6 is 11.3 Å². The van der Waals surface area contributed by atoms with Crippen molar-refractivity contribution in [1.82, 2.24) is 9.13 Å². The largest absolute Gasteiger partial charge is 0.493 e. The van der Waals surface area contributed by atoms with Gasteiger partial charge in [-0.05, 0) is 64.3 Å². The van der Waals surface area contributed by atoms with Crippen LogP contribution in [0.1, 0.15) is 61.3 Å². The number of aromatic nitrogens is 2. The summed E-state index contributed by atoms with van der Waals surface area (Å²) in [6.45, 7) is 6.06. The normalized spacial score (nSPS) is 15.5. The van der Waals surface area contributed by atoms with Gasteiger partial charge in [0.1, 0.15) is 33.2 Å². The van der Waals surface area contributed by atoms with Crippen molar-refractivity contribution in [2.75, 3.05) is 19.8 Å². The number of alkyl halides is 3. The van der Waals surface area contributed by atoms with Gasteiger partial charge in [0, 0.05) is 18.8 Å². The highest BCUT2D eigenvalue weighted by atomic mass is 32.1. The number of carboxylic acid groups (broad SMARTS) is 1. The molecule has 14 heteroatoms. The van der Waals surface area contributed by atoms with Gasteiger partial charge in [-0.2, -0.15) is 18.4 Å². The van der Waals surface area contributed by atoms with Crippen molar-refractivity contribution in [3.05, 3.63) is 60.6 Å². The number of aliphatic carboxylic acids is 1. The van der Waals surface area contributed by atoms with Gasteiger partial charge in [0.2, 0.25) is 0 Å². The summed E-state index contributed by atoms with van der Waals surface area (Å²) in [5, 5.41) is 19.5. The van der Waals surface area contributed by atoms with Gasteiger partial charge in [-0.3, -0.25) is 9.36 Å². The van der Waals surface area contributed by atoms with E-state index in [1.165, 1.54) is 26.8 Å². The first-order valence-electron chi connectivity index (χ1n) is 13.2. The second kappa shape index (κ2) is 11.9. The van der Waals surface area contributed by atoms with Gasteiger partial charge >= 0.3 is 17.8 Å². The summed E-state index contributed by atoms with van der Waals surface area (Å²) in [7, 11) is 0. The first-order valence-corrected chi connectivity index (χ1v) is 14.0. The van der Waals surface area contributed by atoms with E-state index < -0.39 is 53.2 Å². The van der Waals surface area contributed by atoms with Crippen molar-refractivity contribution < 1.29 is 37.3 Å². The molecule has 1 unspecified atom stereocenters. The number of hydrogen-bond acceptors (Lipinski definition) is 8. The summed E-state index contributed by atoms with van der Waals surface area (Å²) in [6, 6.07) is 4.98. The third kappa shape index (κ3) is 5.81. The highest BCUT2D eigenvalue weighted by Crippen LogP contribution is 2.38. The van der Waals surface area contributed by atoms with Crippen LogP contribution in [0.25, 0.3) is 10.2 Å². The van der Waals surface area contributed by atoms with E-state index in [4.69, 9.17) is 14.2 Å². The molecule has 1 atom stereocenters. The van der Waals surface area contributed by atoms with Gasteiger partial charge in [0.05, 0.1) is 30.2 Å². The lowest BCUT2D eigenvalue weighted by Crippen LogP contribution is -2.52. The number of nitrogens with zero attached hydrogens (tertiary/aromatic N) is 3. The average Bonchev–Trinajstić information content (AvgIpc) is 3.27. The number of benzene rings is 1. The van der Waals surface area contributed by atoms with Gasteiger partial charge < -0.3 is 19.3 Å². The first-order chi connectivity index (χ1) is 19.7. The zero-order valence-corrected chi connectivity index (χ0v) is 24.2. The summed E-state index contributed by atoms with van der Waals surface area (Å²) < 4.78 is 60.6. The average molecular weight is 610 g/mol. The minimum atomic E-state index is -4.68. The Hall–Kier alpha value is -3.67. The Morgan fingerprint density at radius 1 is 1.26 bits per heavy atom. The predicted molar refractivity (Wildman–Crippen MR) is 147 cm³/mol. The Balaban J connectivity index is 2.02. The molecule has 0 saturated carbocycles. The fourth-order valence-electron chi connectivity index (χ4n) is 4.89. The maximum atomic E-state index is 14.0. The molecule has 0 radical (unpaired) electrons. The number of carbonyl (C=O) groups is 1. The fraction of sp³-hybridized carbons (Fsp3) is 0.500. The minimum absolute atomic E-state index is 0.0237.